The Morgan fingerprint density at radius 1 is 1.53 bits per heavy atom. The Morgan fingerprint density at radius 3 is 3.00 bits per heavy atom. The lowest BCUT2D eigenvalue weighted by Crippen LogP contribution is -2.39. The lowest BCUT2D eigenvalue weighted by molar-refractivity contribution is 0.0938. The molecule has 0 bridgehead atoms. The zero-order valence-electron chi connectivity index (χ0n) is 11.4. The fourth-order valence-corrected chi connectivity index (χ4v) is 3.64. The SMILES string of the molecule is CCSC1CCCC1NC(=O)c1ccn(C)c(=O)c1. The first-order valence-electron chi connectivity index (χ1n) is 6.71. The summed E-state index contributed by atoms with van der Waals surface area (Å²) in [6.07, 6.45) is 5.00. The predicted molar refractivity (Wildman–Crippen MR) is 78.7 cm³/mol. The molecule has 1 aromatic heterocycles. The number of aryl methyl sites for hydroxylation is 1. The van der Waals surface area contributed by atoms with Gasteiger partial charge in [0, 0.05) is 36.2 Å². The molecule has 19 heavy (non-hydrogen) atoms. The van der Waals surface area contributed by atoms with E-state index in [-0.39, 0.29) is 17.5 Å². The van der Waals surface area contributed by atoms with Gasteiger partial charge in [0.05, 0.1) is 0 Å². The van der Waals surface area contributed by atoms with Crippen LogP contribution in [0.3, 0.4) is 0 Å². The smallest absolute Gasteiger partial charge is 0.251 e. The first-order chi connectivity index (χ1) is 9.11. The number of nitrogens with zero attached hydrogens (tertiary/aromatic N) is 1. The van der Waals surface area contributed by atoms with Crippen molar-refractivity contribution in [2.75, 3.05) is 5.75 Å². The monoisotopic (exact) mass is 280 g/mol. The summed E-state index contributed by atoms with van der Waals surface area (Å²) in [4.78, 5) is 23.7. The zero-order chi connectivity index (χ0) is 13.8. The zero-order valence-corrected chi connectivity index (χ0v) is 12.2. The van der Waals surface area contributed by atoms with E-state index in [9.17, 15) is 9.59 Å². The lowest BCUT2D eigenvalue weighted by Gasteiger charge is -2.20. The standard InChI is InChI=1S/C14H20N2O2S/c1-3-19-12-6-4-5-11(12)15-14(18)10-7-8-16(2)13(17)9-10/h7-9,11-12H,3-6H2,1-2H3,(H,15,18). The summed E-state index contributed by atoms with van der Waals surface area (Å²) < 4.78 is 1.46. The fraction of sp³-hybridized carbons (Fsp3) is 0.571. The number of pyridine rings is 1. The number of hydrogen-bond acceptors (Lipinski definition) is 3. The summed E-state index contributed by atoms with van der Waals surface area (Å²) in [5.74, 6) is 0.939. The fourth-order valence-electron chi connectivity index (χ4n) is 2.45. The van der Waals surface area contributed by atoms with Crippen molar-refractivity contribution in [3.8, 4) is 0 Å². The van der Waals surface area contributed by atoms with Gasteiger partial charge >= 0.3 is 0 Å². The number of thioether (sulfide) groups is 1. The second-order valence-corrected chi connectivity index (χ2v) is 6.39. The molecule has 1 N–H and O–H groups in total. The molecule has 0 saturated heterocycles. The average Bonchev–Trinajstić information content (AvgIpc) is 2.80. The molecule has 0 radical (unpaired) electrons. The molecule has 1 aliphatic carbocycles. The van der Waals surface area contributed by atoms with Crippen molar-refractivity contribution < 1.29 is 4.79 Å². The van der Waals surface area contributed by atoms with Crippen molar-refractivity contribution in [3.63, 3.8) is 0 Å². The van der Waals surface area contributed by atoms with Crippen LogP contribution in [0.2, 0.25) is 0 Å². The van der Waals surface area contributed by atoms with Gasteiger partial charge in [0.1, 0.15) is 0 Å². The van der Waals surface area contributed by atoms with Crippen molar-refractivity contribution in [3.05, 3.63) is 34.2 Å². The topological polar surface area (TPSA) is 51.1 Å². The summed E-state index contributed by atoms with van der Waals surface area (Å²) in [6, 6.07) is 3.32. The third-order valence-corrected chi connectivity index (χ3v) is 4.84. The molecule has 1 fully saturated rings. The highest BCUT2D eigenvalue weighted by atomic mass is 32.2. The highest BCUT2D eigenvalue weighted by Gasteiger charge is 2.28. The van der Waals surface area contributed by atoms with Gasteiger partial charge in [-0.3, -0.25) is 9.59 Å². The van der Waals surface area contributed by atoms with Crippen molar-refractivity contribution in [1.82, 2.24) is 9.88 Å². The van der Waals surface area contributed by atoms with Gasteiger partial charge in [0.2, 0.25) is 0 Å². The number of aromatic nitrogens is 1. The van der Waals surface area contributed by atoms with E-state index in [4.69, 9.17) is 0 Å². The molecule has 5 heteroatoms. The minimum atomic E-state index is -0.154. The van der Waals surface area contributed by atoms with Crippen molar-refractivity contribution in [1.29, 1.82) is 0 Å². The van der Waals surface area contributed by atoms with E-state index in [0.29, 0.717) is 10.8 Å². The maximum atomic E-state index is 12.1. The van der Waals surface area contributed by atoms with Crippen LogP contribution in [0.15, 0.2) is 23.1 Å². The molecule has 1 saturated carbocycles. The van der Waals surface area contributed by atoms with Crippen LogP contribution in [0.5, 0.6) is 0 Å². The van der Waals surface area contributed by atoms with Gasteiger partial charge in [0.25, 0.3) is 11.5 Å². The van der Waals surface area contributed by atoms with Crippen LogP contribution >= 0.6 is 11.8 Å². The maximum Gasteiger partial charge on any atom is 0.251 e. The molecule has 2 atom stereocenters. The Balaban J connectivity index is 2.04. The number of amides is 1. The number of rotatable bonds is 4. The number of hydrogen-bond donors (Lipinski definition) is 1. The van der Waals surface area contributed by atoms with Gasteiger partial charge in [0.15, 0.2) is 0 Å². The maximum absolute atomic E-state index is 12.1. The summed E-state index contributed by atoms with van der Waals surface area (Å²) >= 11 is 1.91. The van der Waals surface area contributed by atoms with E-state index >= 15 is 0 Å². The van der Waals surface area contributed by atoms with Gasteiger partial charge in [-0.05, 0) is 24.7 Å². The van der Waals surface area contributed by atoms with Gasteiger partial charge in [-0.25, -0.2) is 0 Å². The highest BCUT2D eigenvalue weighted by Crippen LogP contribution is 2.29. The molecule has 0 spiro atoms. The van der Waals surface area contributed by atoms with Crippen LogP contribution < -0.4 is 10.9 Å². The first kappa shape index (κ1) is 14.2. The second-order valence-electron chi connectivity index (χ2n) is 4.87. The third-order valence-electron chi connectivity index (χ3n) is 3.52. The normalized spacial score (nSPS) is 22.4. The van der Waals surface area contributed by atoms with Crippen LogP contribution in [-0.4, -0.2) is 27.5 Å². The van der Waals surface area contributed by atoms with Crippen molar-refractivity contribution in [2.24, 2.45) is 7.05 Å². The summed E-state index contributed by atoms with van der Waals surface area (Å²) in [5.41, 5.74) is 0.300. The Bertz CT molecular complexity index is 512. The molecule has 2 unspecified atom stereocenters. The number of carbonyl (C=O) groups is 1. The van der Waals surface area contributed by atoms with E-state index in [1.54, 1.807) is 19.3 Å². The molecular weight excluding hydrogens is 260 g/mol. The molecule has 1 heterocycles. The Labute approximate surface area is 117 Å². The summed E-state index contributed by atoms with van der Waals surface area (Å²) in [6.45, 7) is 2.14. The Kier molecular flexibility index (Phi) is 4.69. The molecule has 1 aliphatic rings. The van der Waals surface area contributed by atoms with Crippen molar-refractivity contribution >= 4 is 17.7 Å². The molecule has 104 valence electrons. The van der Waals surface area contributed by atoms with Crippen molar-refractivity contribution in [2.45, 2.75) is 37.5 Å². The largest absolute Gasteiger partial charge is 0.348 e. The van der Waals surface area contributed by atoms with E-state index in [2.05, 4.69) is 12.2 Å². The number of carbonyl (C=O) groups excluding carboxylic acids is 1. The summed E-state index contributed by atoms with van der Waals surface area (Å²) in [7, 11) is 1.68. The molecule has 4 nitrogen and oxygen atoms in total. The lowest BCUT2D eigenvalue weighted by atomic mass is 10.2. The van der Waals surface area contributed by atoms with Crippen LogP contribution in [0.1, 0.15) is 36.5 Å². The van der Waals surface area contributed by atoms with E-state index in [1.165, 1.54) is 23.5 Å². The van der Waals surface area contributed by atoms with Gasteiger partial charge in [-0.1, -0.05) is 13.3 Å². The van der Waals surface area contributed by atoms with Crippen LogP contribution in [0.4, 0.5) is 0 Å². The number of nitrogens with one attached hydrogen (secondary N) is 1. The average molecular weight is 280 g/mol. The van der Waals surface area contributed by atoms with Gasteiger partial charge < -0.3 is 9.88 Å². The second kappa shape index (κ2) is 6.28. The minimum Gasteiger partial charge on any atom is -0.348 e. The summed E-state index contributed by atoms with van der Waals surface area (Å²) in [5, 5.41) is 3.58. The van der Waals surface area contributed by atoms with Crippen LogP contribution in [0, 0.1) is 0 Å². The molecule has 1 aromatic rings. The molecule has 0 aliphatic heterocycles. The predicted octanol–water partition coefficient (Wildman–Crippen LogP) is 1.79. The molecule has 2 rings (SSSR count). The molecular formula is C14H20N2O2S. The van der Waals surface area contributed by atoms with E-state index < -0.39 is 0 Å². The Morgan fingerprint density at radius 2 is 2.32 bits per heavy atom. The quantitative estimate of drug-likeness (QED) is 0.915. The van der Waals surface area contributed by atoms with E-state index in [0.717, 1.165) is 12.2 Å². The minimum absolute atomic E-state index is 0.133. The third kappa shape index (κ3) is 3.41. The Hall–Kier alpha value is -1.23. The molecule has 0 aromatic carbocycles. The van der Waals surface area contributed by atoms with Crippen LogP contribution in [-0.2, 0) is 7.05 Å². The highest BCUT2D eigenvalue weighted by molar-refractivity contribution is 7.99. The molecule has 1 amide bonds. The van der Waals surface area contributed by atoms with E-state index in [1.807, 2.05) is 11.8 Å². The van der Waals surface area contributed by atoms with Crippen LogP contribution in [0.25, 0.3) is 0 Å². The van der Waals surface area contributed by atoms with Gasteiger partial charge in [-0.2, -0.15) is 11.8 Å². The van der Waals surface area contributed by atoms with Gasteiger partial charge in [-0.15, -0.1) is 0 Å². The first-order valence-corrected chi connectivity index (χ1v) is 7.76.